The first-order valence-corrected chi connectivity index (χ1v) is 5.75. The van der Waals surface area contributed by atoms with Crippen molar-refractivity contribution in [3.63, 3.8) is 0 Å². The third-order valence-corrected chi connectivity index (χ3v) is 3.27. The number of hydrogen-bond acceptors (Lipinski definition) is 6. The summed E-state index contributed by atoms with van der Waals surface area (Å²) in [5.41, 5.74) is -0.250. The van der Waals surface area contributed by atoms with Crippen molar-refractivity contribution in [1.29, 1.82) is 0 Å². The van der Waals surface area contributed by atoms with Crippen LogP contribution in [0, 0.1) is 11.9 Å². The number of carbonyl (C=O) groups is 2. The maximum Gasteiger partial charge on any atom is 0.350 e. The second-order valence-electron chi connectivity index (χ2n) is 3.32. The first-order chi connectivity index (χ1) is 9.06. The van der Waals surface area contributed by atoms with Crippen LogP contribution in [-0.2, 0) is 4.74 Å². The summed E-state index contributed by atoms with van der Waals surface area (Å²) in [6.07, 6.45) is 0.362. The topological polar surface area (TPSA) is 69.2 Å². The Bertz CT molecular complexity index is 657. The number of thiazole rings is 1. The third kappa shape index (κ3) is 2.48. The lowest BCUT2D eigenvalue weighted by atomic mass is 10.3. The van der Waals surface area contributed by atoms with Crippen molar-refractivity contribution >= 4 is 23.6 Å². The van der Waals surface area contributed by atoms with Gasteiger partial charge in [0.1, 0.15) is 15.6 Å². The molecule has 0 aromatic carbocycles. The Morgan fingerprint density at radius 3 is 2.68 bits per heavy atom. The minimum atomic E-state index is -1.07. The highest BCUT2D eigenvalue weighted by Gasteiger charge is 2.21. The summed E-state index contributed by atoms with van der Waals surface area (Å²) >= 11 is 0.771. The Morgan fingerprint density at radius 2 is 2.11 bits per heavy atom. The molecule has 8 heteroatoms. The number of rotatable bonds is 3. The molecule has 0 aliphatic heterocycles. The molecule has 0 atom stereocenters. The fourth-order valence-electron chi connectivity index (χ4n) is 1.34. The second-order valence-corrected chi connectivity index (χ2v) is 4.31. The van der Waals surface area contributed by atoms with Gasteiger partial charge >= 0.3 is 5.97 Å². The van der Waals surface area contributed by atoms with Crippen LogP contribution in [0.4, 0.5) is 8.78 Å². The van der Waals surface area contributed by atoms with E-state index in [1.807, 2.05) is 0 Å². The number of hydrogen-bond donors (Lipinski definition) is 0. The molecule has 19 heavy (non-hydrogen) atoms. The van der Waals surface area contributed by atoms with Gasteiger partial charge in [0.15, 0.2) is 6.29 Å². The summed E-state index contributed by atoms with van der Waals surface area (Å²) in [5.74, 6) is -2.79. The minimum absolute atomic E-state index is 0.0452. The van der Waals surface area contributed by atoms with Crippen LogP contribution >= 0.6 is 11.3 Å². The van der Waals surface area contributed by atoms with E-state index in [0.717, 1.165) is 30.6 Å². The standard InChI is InChI=1S/C11H6F2N2O3S/c1-18-11(17)8-6(4-16)14-10(19-8)5-2-3-7(12)15-9(5)13/h2-4H,1H3. The average Bonchev–Trinajstić information content (AvgIpc) is 2.81. The van der Waals surface area contributed by atoms with Gasteiger partial charge in [0.25, 0.3) is 0 Å². The predicted octanol–water partition coefficient (Wildman–Crippen LogP) is 2.08. The van der Waals surface area contributed by atoms with Gasteiger partial charge < -0.3 is 4.74 Å². The summed E-state index contributed by atoms with van der Waals surface area (Å²) in [6, 6.07) is 2.09. The normalized spacial score (nSPS) is 10.3. The SMILES string of the molecule is COC(=O)c1sc(-c2ccc(F)nc2F)nc1C=O. The van der Waals surface area contributed by atoms with E-state index in [0.29, 0.717) is 6.29 Å². The molecule has 0 N–H and O–H groups in total. The van der Waals surface area contributed by atoms with Crippen LogP contribution in [0.5, 0.6) is 0 Å². The molecular formula is C11H6F2N2O3S. The van der Waals surface area contributed by atoms with Gasteiger partial charge in [-0.2, -0.15) is 13.8 Å². The summed E-state index contributed by atoms with van der Waals surface area (Å²) in [4.78, 5) is 29.0. The van der Waals surface area contributed by atoms with Crippen LogP contribution in [0.2, 0.25) is 0 Å². The molecule has 2 heterocycles. The Hall–Kier alpha value is -2.22. The first-order valence-electron chi connectivity index (χ1n) is 4.93. The van der Waals surface area contributed by atoms with Crippen molar-refractivity contribution in [2.45, 2.75) is 0 Å². The smallest absolute Gasteiger partial charge is 0.350 e. The van der Waals surface area contributed by atoms with Gasteiger partial charge in [0.05, 0.1) is 12.7 Å². The summed E-state index contributed by atoms with van der Waals surface area (Å²) in [7, 11) is 1.15. The number of aromatic nitrogens is 2. The average molecular weight is 284 g/mol. The van der Waals surface area contributed by atoms with Crippen LogP contribution in [-0.4, -0.2) is 29.3 Å². The third-order valence-electron chi connectivity index (χ3n) is 2.18. The fourth-order valence-corrected chi connectivity index (χ4v) is 2.30. The van der Waals surface area contributed by atoms with E-state index in [4.69, 9.17) is 0 Å². The lowest BCUT2D eigenvalue weighted by Gasteiger charge is -1.97. The van der Waals surface area contributed by atoms with Crippen molar-refractivity contribution in [1.82, 2.24) is 9.97 Å². The van der Waals surface area contributed by atoms with Crippen LogP contribution < -0.4 is 0 Å². The summed E-state index contributed by atoms with van der Waals surface area (Å²) in [6.45, 7) is 0. The summed E-state index contributed by atoms with van der Waals surface area (Å²) in [5, 5.41) is 0.0486. The largest absolute Gasteiger partial charge is 0.465 e. The molecule has 0 aliphatic carbocycles. The van der Waals surface area contributed by atoms with E-state index in [-0.39, 0.29) is 21.1 Å². The van der Waals surface area contributed by atoms with Crippen LogP contribution in [0.15, 0.2) is 12.1 Å². The van der Waals surface area contributed by atoms with Crippen molar-refractivity contribution in [3.05, 3.63) is 34.6 Å². The number of aldehydes is 1. The molecule has 0 radical (unpaired) electrons. The van der Waals surface area contributed by atoms with Crippen molar-refractivity contribution in [2.75, 3.05) is 7.11 Å². The Labute approximate surface area is 109 Å². The van der Waals surface area contributed by atoms with E-state index >= 15 is 0 Å². The molecule has 0 amide bonds. The first kappa shape index (κ1) is 13.2. The Morgan fingerprint density at radius 1 is 1.37 bits per heavy atom. The molecular weight excluding hydrogens is 278 g/mol. The lowest BCUT2D eigenvalue weighted by molar-refractivity contribution is 0.0603. The number of methoxy groups -OCH3 is 1. The molecule has 0 saturated carbocycles. The molecule has 5 nitrogen and oxygen atoms in total. The number of pyridine rings is 1. The molecule has 0 aliphatic rings. The lowest BCUT2D eigenvalue weighted by Crippen LogP contribution is -2.01. The highest BCUT2D eigenvalue weighted by Crippen LogP contribution is 2.29. The maximum absolute atomic E-state index is 13.5. The number of carbonyl (C=O) groups excluding carboxylic acids is 2. The number of ether oxygens (including phenoxy) is 1. The molecule has 2 aromatic heterocycles. The van der Waals surface area contributed by atoms with Gasteiger partial charge in [-0.1, -0.05) is 0 Å². The van der Waals surface area contributed by atoms with Gasteiger partial charge in [-0.05, 0) is 12.1 Å². The fraction of sp³-hybridized carbons (Fsp3) is 0.0909. The van der Waals surface area contributed by atoms with Gasteiger partial charge in [-0.3, -0.25) is 4.79 Å². The van der Waals surface area contributed by atoms with E-state index < -0.39 is 17.9 Å². The van der Waals surface area contributed by atoms with Gasteiger partial charge in [-0.15, -0.1) is 11.3 Å². The number of esters is 1. The molecule has 0 fully saturated rings. The molecule has 0 unspecified atom stereocenters. The van der Waals surface area contributed by atoms with Crippen LogP contribution in [0.3, 0.4) is 0 Å². The van der Waals surface area contributed by atoms with Gasteiger partial charge in [0.2, 0.25) is 11.9 Å². The van der Waals surface area contributed by atoms with Crippen LogP contribution in [0.1, 0.15) is 20.2 Å². The van der Waals surface area contributed by atoms with E-state index in [9.17, 15) is 18.4 Å². The quantitative estimate of drug-likeness (QED) is 0.490. The Balaban J connectivity index is 2.54. The molecule has 2 aromatic rings. The highest BCUT2D eigenvalue weighted by atomic mass is 32.1. The molecule has 0 spiro atoms. The van der Waals surface area contributed by atoms with Crippen LogP contribution in [0.25, 0.3) is 10.6 Å². The number of halogens is 2. The van der Waals surface area contributed by atoms with E-state index in [1.165, 1.54) is 0 Å². The van der Waals surface area contributed by atoms with Crippen molar-refractivity contribution in [3.8, 4) is 10.6 Å². The molecule has 98 valence electrons. The van der Waals surface area contributed by atoms with Gasteiger partial charge in [-0.25, -0.2) is 9.78 Å². The van der Waals surface area contributed by atoms with Crippen molar-refractivity contribution in [2.24, 2.45) is 0 Å². The highest BCUT2D eigenvalue weighted by molar-refractivity contribution is 7.17. The zero-order valence-corrected chi connectivity index (χ0v) is 10.3. The molecule has 0 bridgehead atoms. The van der Waals surface area contributed by atoms with Gasteiger partial charge in [0, 0.05) is 0 Å². The Kier molecular flexibility index (Phi) is 3.61. The van der Waals surface area contributed by atoms with E-state index in [2.05, 4.69) is 14.7 Å². The minimum Gasteiger partial charge on any atom is -0.465 e. The number of nitrogens with zero attached hydrogens (tertiary/aromatic N) is 2. The predicted molar refractivity (Wildman–Crippen MR) is 62.0 cm³/mol. The summed E-state index contributed by atoms with van der Waals surface area (Å²) < 4.78 is 30.7. The zero-order chi connectivity index (χ0) is 14.0. The maximum atomic E-state index is 13.5. The zero-order valence-electron chi connectivity index (χ0n) is 9.52. The van der Waals surface area contributed by atoms with E-state index in [1.54, 1.807) is 0 Å². The second kappa shape index (κ2) is 5.19. The monoisotopic (exact) mass is 284 g/mol. The molecule has 0 saturated heterocycles. The molecule has 2 rings (SSSR count). The van der Waals surface area contributed by atoms with Crippen molar-refractivity contribution < 1.29 is 23.1 Å².